The Hall–Kier alpha value is -2.70. The van der Waals surface area contributed by atoms with E-state index in [0.717, 1.165) is 29.1 Å². The zero-order chi connectivity index (χ0) is 19.1. The molecule has 7 heteroatoms. The first-order valence-electron chi connectivity index (χ1n) is 9.49. The number of carbonyl (C=O) groups is 4. The fraction of sp³-hybridized carbons (Fsp3) is 0.500. The van der Waals surface area contributed by atoms with Gasteiger partial charge in [0.05, 0.1) is 0 Å². The van der Waals surface area contributed by atoms with E-state index in [2.05, 4.69) is 5.32 Å². The summed E-state index contributed by atoms with van der Waals surface area (Å²) in [6, 6.07) is 7.78. The molecule has 0 unspecified atom stereocenters. The van der Waals surface area contributed by atoms with Gasteiger partial charge in [-0.05, 0) is 56.1 Å². The Kier molecular flexibility index (Phi) is 4.45. The molecular formula is C20H23N3O4. The van der Waals surface area contributed by atoms with E-state index in [4.69, 9.17) is 0 Å². The standard InChI is InChI=1S/C20H23N3O4/c1-12(16-10-13-7-8-14(16)9-13)23-19(26)18(25)22(20(23)27)11-17(24)21-15-5-3-2-4-6-15/h2-6,12-14,16H,7-11H2,1H3,(H,21,24)/t12-,13+,14+,16+/m1/s1. The molecule has 1 heterocycles. The summed E-state index contributed by atoms with van der Waals surface area (Å²) in [5, 5.41) is 2.63. The average Bonchev–Trinajstić information content (AvgIpc) is 3.34. The van der Waals surface area contributed by atoms with E-state index < -0.39 is 30.3 Å². The molecule has 1 aromatic rings. The van der Waals surface area contributed by atoms with Gasteiger partial charge in [-0.2, -0.15) is 0 Å². The second-order valence-corrected chi connectivity index (χ2v) is 7.84. The molecule has 2 bridgehead atoms. The zero-order valence-corrected chi connectivity index (χ0v) is 15.3. The van der Waals surface area contributed by atoms with Gasteiger partial charge in [0.2, 0.25) is 5.91 Å². The molecule has 7 nitrogen and oxygen atoms in total. The summed E-state index contributed by atoms with van der Waals surface area (Å²) < 4.78 is 0. The monoisotopic (exact) mass is 369 g/mol. The fourth-order valence-electron chi connectivity index (χ4n) is 4.96. The van der Waals surface area contributed by atoms with Gasteiger partial charge in [-0.15, -0.1) is 0 Å². The van der Waals surface area contributed by atoms with Crippen molar-refractivity contribution in [1.29, 1.82) is 0 Å². The minimum atomic E-state index is -0.918. The number of para-hydroxylation sites is 1. The van der Waals surface area contributed by atoms with Crippen molar-refractivity contribution in [2.75, 3.05) is 11.9 Å². The lowest BCUT2D eigenvalue weighted by molar-refractivity contribution is -0.144. The summed E-state index contributed by atoms with van der Waals surface area (Å²) >= 11 is 0. The average molecular weight is 369 g/mol. The summed E-state index contributed by atoms with van der Waals surface area (Å²) in [6.45, 7) is 1.39. The summed E-state index contributed by atoms with van der Waals surface area (Å²) in [5.74, 6) is -0.788. The third-order valence-corrected chi connectivity index (χ3v) is 6.26. The fourth-order valence-corrected chi connectivity index (χ4v) is 4.96. The van der Waals surface area contributed by atoms with Gasteiger partial charge in [0.15, 0.2) is 0 Å². The normalized spacial score (nSPS) is 28.2. The molecule has 3 fully saturated rings. The molecule has 4 rings (SSSR count). The third kappa shape index (κ3) is 3.11. The van der Waals surface area contributed by atoms with Gasteiger partial charge in [-0.1, -0.05) is 24.6 Å². The summed E-state index contributed by atoms with van der Waals surface area (Å²) in [5.41, 5.74) is 0.570. The Morgan fingerprint density at radius 2 is 1.85 bits per heavy atom. The molecule has 1 aromatic carbocycles. The molecule has 2 aliphatic carbocycles. The third-order valence-electron chi connectivity index (χ3n) is 6.26. The van der Waals surface area contributed by atoms with Crippen LogP contribution in [-0.2, 0) is 14.4 Å². The Bertz CT molecular complexity index is 794. The van der Waals surface area contributed by atoms with E-state index in [1.807, 2.05) is 13.0 Å². The van der Waals surface area contributed by atoms with Crippen molar-refractivity contribution >= 4 is 29.4 Å². The number of imide groups is 2. The molecule has 5 amide bonds. The van der Waals surface area contributed by atoms with Gasteiger partial charge >= 0.3 is 17.8 Å². The van der Waals surface area contributed by atoms with Crippen molar-refractivity contribution in [3.63, 3.8) is 0 Å². The van der Waals surface area contributed by atoms with Gasteiger partial charge in [0, 0.05) is 11.7 Å². The van der Waals surface area contributed by atoms with Gasteiger partial charge in [0.1, 0.15) is 6.54 Å². The van der Waals surface area contributed by atoms with Crippen molar-refractivity contribution in [1.82, 2.24) is 9.80 Å². The second-order valence-electron chi connectivity index (χ2n) is 7.84. The maximum atomic E-state index is 12.7. The minimum Gasteiger partial charge on any atom is -0.325 e. The lowest BCUT2D eigenvalue weighted by atomic mass is 9.83. The number of nitrogens with zero attached hydrogens (tertiary/aromatic N) is 2. The topological polar surface area (TPSA) is 86.8 Å². The van der Waals surface area contributed by atoms with Gasteiger partial charge < -0.3 is 5.32 Å². The summed E-state index contributed by atoms with van der Waals surface area (Å²) in [6.07, 6.45) is 4.52. The Morgan fingerprint density at radius 1 is 1.11 bits per heavy atom. The number of anilines is 1. The van der Waals surface area contributed by atoms with Crippen LogP contribution in [0.4, 0.5) is 10.5 Å². The number of benzene rings is 1. The number of carbonyl (C=O) groups excluding carboxylic acids is 4. The molecule has 1 aliphatic heterocycles. The number of hydrogen-bond acceptors (Lipinski definition) is 4. The van der Waals surface area contributed by atoms with E-state index >= 15 is 0 Å². The number of rotatable bonds is 5. The maximum Gasteiger partial charge on any atom is 0.334 e. The largest absolute Gasteiger partial charge is 0.334 e. The maximum absolute atomic E-state index is 12.7. The smallest absolute Gasteiger partial charge is 0.325 e. The van der Waals surface area contributed by atoms with Crippen molar-refractivity contribution in [2.24, 2.45) is 17.8 Å². The van der Waals surface area contributed by atoms with Crippen LogP contribution in [0.3, 0.4) is 0 Å². The van der Waals surface area contributed by atoms with Gasteiger partial charge in [-0.3, -0.25) is 19.3 Å². The number of amides is 5. The molecule has 27 heavy (non-hydrogen) atoms. The lowest BCUT2D eigenvalue weighted by Crippen LogP contribution is -2.45. The molecule has 4 atom stereocenters. The van der Waals surface area contributed by atoms with E-state index in [1.54, 1.807) is 24.3 Å². The van der Waals surface area contributed by atoms with Crippen molar-refractivity contribution < 1.29 is 19.2 Å². The zero-order valence-electron chi connectivity index (χ0n) is 15.3. The van der Waals surface area contributed by atoms with E-state index in [0.29, 0.717) is 17.5 Å². The predicted octanol–water partition coefficient (Wildman–Crippen LogP) is 2.24. The highest BCUT2D eigenvalue weighted by atomic mass is 16.2. The SMILES string of the molecule is C[C@H]([C@@H]1C[C@H]2CC[C@H]1C2)N1C(=O)C(=O)N(CC(=O)Nc2ccccc2)C1=O. The molecule has 1 saturated heterocycles. The van der Waals surface area contributed by atoms with Crippen LogP contribution in [0.2, 0.25) is 0 Å². The van der Waals surface area contributed by atoms with Crippen LogP contribution >= 0.6 is 0 Å². The van der Waals surface area contributed by atoms with Crippen LogP contribution in [-0.4, -0.2) is 46.1 Å². The van der Waals surface area contributed by atoms with Crippen LogP contribution in [0, 0.1) is 17.8 Å². The number of hydrogen-bond donors (Lipinski definition) is 1. The predicted molar refractivity (Wildman–Crippen MR) is 97.4 cm³/mol. The van der Waals surface area contributed by atoms with Crippen LogP contribution in [0.25, 0.3) is 0 Å². The first kappa shape index (κ1) is 17.7. The van der Waals surface area contributed by atoms with Crippen LogP contribution in [0.15, 0.2) is 30.3 Å². The number of nitrogens with one attached hydrogen (secondary N) is 1. The van der Waals surface area contributed by atoms with Crippen molar-refractivity contribution in [3.05, 3.63) is 30.3 Å². The first-order chi connectivity index (χ1) is 13.0. The molecule has 0 radical (unpaired) electrons. The number of fused-ring (bicyclic) bond motifs is 2. The highest BCUT2D eigenvalue weighted by Gasteiger charge is 2.52. The molecule has 142 valence electrons. The molecule has 3 aliphatic rings. The van der Waals surface area contributed by atoms with Crippen molar-refractivity contribution in [3.8, 4) is 0 Å². The highest BCUT2D eigenvalue weighted by Crippen LogP contribution is 2.50. The molecule has 2 saturated carbocycles. The Morgan fingerprint density at radius 3 is 2.48 bits per heavy atom. The minimum absolute atomic E-state index is 0.252. The van der Waals surface area contributed by atoms with Crippen LogP contribution in [0.5, 0.6) is 0 Å². The van der Waals surface area contributed by atoms with Gasteiger partial charge in [-0.25, -0.2) is 9.69 Å². The highest BCUT2D eigenvalue weighted by molar-refractivity contribution is 6.45. The van der Waals surface area contributed by atoms with Crippen LogP contribution < -0.4 is 5.32 Å². The van der Waals surface area contributed by atoms with E-state index in [-0.39, 0.29) is 12.0 Å². The van der Waals surface area contributed by atoms with Crippen molar-refractivity contribution in [2.45, 2.75) is 38.6 Å². The Labute approximate surface area is 157 Å². The summed E-state index contributed by atoms with van der Waals surface area (Å²) in [7, 11) is 0. The van der Waals surface area contributed by atoms with Crippen LogP contribution in [0.1, 0.15) is 32.6 Å². The quantitative estimate of drug-likeness (QED) is 0.637. The number of urea groups is 1. The first-order valence-corrected chi connectivity index (χ1v) is 9.49. The second kappa shape index (κ2) is 6.79. The lowest BCUT2D eigenvalue weighted by Gasteiger charge is -2.32. The Balaban J connectivity index is 1.44. The molecular weight excluding hydrogens is 346 g/mol. The van der Waals surface area contributed by atoms with E-state index in [1.165, 1.54) is 6.42 Å². The van der Waals surface area contributed by atoms with E-state index in [9.17, 15) is 19.2 Å². The molecule has 0 spiro atoms. The van der Waals surface area contributed by atoms with Gasteiger partial charge in [0.25, 0.3) is 0 Å². The molecule has 0 aromatic heterocycles. The summed E-state index contributed by atoms with van der Waals surface area (Å²) in [4.78, 5) is 51.6. The molecule has 1 N–H and O–H groups in total.